The van der Waals surface area contributed by atoms with E-state index in [0.717, 1.165) is 24.3 Å². The molecule has 0 heterocycles. The van der Waals surface area contributed by atoms with Crippen LogP contribution in [0.5, 0.6) is 0 Å². The molecular formula is C18H28O2. The summed E-state index contributed by atoms with van der Waals surface area (Å²) < 4.78 is 5.86. The van der Waals surface area contributed by atoms with E-state index in [1.165, 1.54) is 6.42 Å². The minimum Gasteiger partial charge on any atom is -0.390 e. The third-order valence-corrected chi connectivity index (χ3v) is 4.91. The van der Waals surface area contributed by atoms with Crippen LogP contribution in [0.15, 0.2) is 30.3 Å². The molecule has 0 radical (unpaired) electrons. The van der Waals surface area contributed by atoms with Crippen molar-refractivity contribution >= 4 is 0 Å². The number of benzene rings is 1. The molecule has 1 fully saturated rings. The number of aliphatic hydroxyl groups is 1. The Kier molecular flexibility index (Phi) is 5.62. The van der Waals surface area contributed by atoms with E-state index in [9.17, 15) is 5.11 Å². The first kappa shape index (κ1) is 15.5. The Bertz CT molecular complexity index is 390. The van der Waals surface area contributed by atoms with Crippen LogP contribution in [0, 0.1) is 17.8 Å². The number of hydrogen-bond acceptors (Lipinski definition) is 2. The Morgan fingerprint density at radius 1 is 1.15 bits per heavy atom. The predicted molar refractivity (Wildman–Crippen MR) is 82.5 cm³/mol. The van der Waals surface area contributed by atoms with Gasteiger partial charge in [-0.05, 0) is 43.1 Å². The molecule has 5 unspecified atom stereocenters. The van der Waals surface area contributed by atoms with Gasteiger partial charge in [0.2, 0.25) is 0 Å². The molecule has 2 heteroatoms. The lowest BCUT2D eigenvalue weighted by Crippen LogP contribution is -2.34. The molecule has 2 rings (SSSR count). The molecule has 1 aliphatic rings. The van der Waals surface area contributed by atoms with Crippen molar-refractivity contribution in [2.75, 3.05) is 6.61 Å². The number of rotatable bonds is 5. The Balaban J connectivity index is 2.09. The van der Waals surface area contributed by atoms with Gasteiger partial charge in [-0.3, -0.25) is 0 Å². The summed E-state index contributed by atoms with van der Waals surface area (Å²) in [6, 6.07) is 10.1. The van der Waals surface area contributed by atoms with Gasteiger partial charge in [0.05, 0.1) is 6.10 Å². The van der Waals surface area contributed by atoms with Crippen LogP contribution in [-0.4, -0.2) is 17.8 Å². The largest absolute Gasteiger partial charge is 0.390 e. The fraction of sp³-hybridized carbons (Fsp3) is 0.667. The third kappa shape index (κ3) is 3.62. The van der Waals surface area contributed by atoms with Crippen molar-refractivity contribution in [3.8, 4) is 0 Å². The van der Waals surface area contributed by atoms with E-state index in [1.807, 2.05) is 25.1 Å². The van der Waals surface area contributed by atoms with Crippen molar-refractivity contribution in [3.05, 3.63) is 35.9 Å². The highest BCUT2D eigenvalue weighted by Gasteiger charge is 2.34. The highest BCUT2D eigenvalue weighted by Crippen LogP contribution is 2.39. The Morgan fingerprint density at radius 2 is 1.85 bits per heavy atom. The molecule has 5 atom stereocenters. The van der Waals surface area contributed by atoms with E-state index in [-0.39, 0.29) is 6.10 Å². The van der Waals surface area contributed by atoms with Gasteiger partial charge < -0.3 is 9.84 Å². The summed E-state index contributed by atoms with van der Waals surface area (Å²) in [4.78, 5) is 0. The second-order valence-electron chi connectivity index (χ2n) is 6.30. The molecule has 0 aromatic heterocycles. The SMILES string of the molecule is CCOC(c1ccccc1)C(O)C1CCC(C)C(C)C1. The first-order chi connectivity index (χ1) is 9.63. The average molecular weight is 276 g/mol. The molecule has 0 spiro atoms. The normalized spacial score (nSPS) is 29.9. The maximum atomic E-state index is 10.8. The predicted octanol–water partition coefficient (Wildman–Crippen LogP) is 4.20. The van der Waals surface area contributed by atoms with Crippen LogP contribution < -0.4 is 0 Å². The van der Waals surface area contributed by atoms with Crippen molar-refractivity contribution in [1.29, 1.82) is 0 Å². The van der Waals surface area contributed by atoms with E-state index < -0.39 is 6.10 Å². The fourth-order valence-electron chi connectivity index (χ4n) is 3.36. The molecule has 1 saturated carbocycles. The van der Waals surface area contributed by atoms with E-state index >= 15 is 0 Å². The minimum absolute atomic E-state index is 0.188. The topological polar surface area (TPSA) is 29.5 Å². The van der Waals surface area contributed by atoms with Gasteiger partial charge in [-0.1, -0.05) is 50.6 Å². The molecule has 0 bridgehead atoms. The highest BCUT2D eigenvalue weighted by molar-refractivity contribution is 5.19. The lowest BCUT2D eigenvalue weighted by atomic mass is 9.72. The van der Waals surface area contributed by atoms with Crippen LogP contribution in [-0.2, 0) is 4.74 Å². The van der Waals surface area contributed by atoms with E-state index in [1.54, 1.807) is 0 Å². The van der Waals surface area contributed by atoms with E-state index in [0.29, 0.717) is 18.4 Å². The maximum Gasteiger partial charge on any atom is 0.109 e. The second kappa shape index (κ2) is 7.24. The van der Waals surface area contributed by atoms with E-state index in [4.69, 9.17) is 4.74 Å². The summed E-state index contributed by atoms with van der Waals surface area (Å²) in [5.74, 6) is 1.83. The van der Waals surface area contributed by atoms with Crippen molar-refractivity contribution in [3.63, 3.8) is 0 Å². The molecule has 0 saturated heterocycles. The van der Waals surface area contributed by atoms with Crippen molar-refractivity contribution in [2.45, 2.75) is 52.2 Å². The third-order valence-electron chi connectivity index (χ3n) is 4.91. The molecule has 1 aromatic rings. The molecule has 2 nitrogen and oxygen atoms in total. The van der Waals surface area contributed by atoms with Gasteiger partial charge in [0.15, 0.2) is 0 Å². The van der Waals surface area contributed by atoms with Crippen LogP contribution in [0.2, 0.25) is 0 Å². The molecule has 1 N–H and O–H groups in total. The first-order valence-corrected chi connectivity index (χ1v) is 7.98. The zero-order valence-corrected chi connectivity index (χ0v) is 13.0. The summed E-state index contributed by atoms with van der Waals surface area (Å²) in [5, 5.41) is 10.8. The quantitative estimate of drug-likeness (QED) is 0.873. The molecule has 1 aliphatic carbocycles. The highest BCUT2D eigenvalue weighted by atomic mass is 16.5. The molecule has 112 valence electrons. The van der Waals surface area contributed by atoms with E-state index in [2.05, 4.69) is 26.0 Å². The molecular weight excluding hydrogens is 248 g/mol. The second-order valence-corrected chi connectivity index (χ2v) is 6.30. The summed E-state index contributed by atoms with van der Waals surface area (Å²) in [5.41, 5.74) is 1.09. The summed E-state index contributed by atoms with van der Waals surface area (Å²) >= 11 is 0. The lowest BCUT2D eigenvalue weighted by Gasteiger charge is -2.37. The van der Waals surface area contributed by atoms with Gasteiger partial charge in [0.25, 0.3) is 0 Å². The van der Waals surface area contributed by atoms with Gasteiger partial charge in [0.1, 0.15) is 6.10 Å². The van der Waals surface area contributed by atoms with Crippen LogP contribution in [0.4, 0.5) is 0 Å². The standard InChI is InChI=1S/C18H28O2/c1-4-20-18(15-8-6-5-7-9-15)17(19)16-11-10-13(2)14(3)12-16/h5-9,13-14,16-19H,4,10-12H2,1-3H3. The van der Waals surface area contributed by atoms with Gasteiger partial charge in [0, 0.05) is 6.61 Å². The Hall–Kier alpha value is -0.860. The number of aliphatic hydroxyl groups excluding tert-OH is 1. The monoisotopic (exact) mass is 276 g/mol. The number of hydrogen-bond donors (Lipinski definition) is 1. The Labute approximate surface area is 123 Å². The zero-order valence-electron chi connectivity index (χ0n) is 13.0. The summed E-state index contributed by atoms with van der Waals surface area (Å²) in [6.45, 7) is 7.26. The van der Waals surface area contributed by atoms with Crippen molar-refractivity contribution < 1.29 is 9.84 Å². The van der Waals surface area contributed by atoms with Gasteiger partial charge >= 0.3 is 0 Å². The molecule has 0 amide bonds. The Morgan fingerprint density at radius 3 is 2.45 bits per heavy atom. The summed E-state index contributed by atoms with van der Waals surface area (Å²) in [6.07, 6.45) is 2.86. The maximum absolute atomic E-state index is 10.8. The van der Waals surface area contributed by atoms with Crippen LogP contribution in [0.25, 0.3) is 0 Å². The van der Waals surface area contributed by atoms with Gasteiger partial charge in [-0.15, -0.1) is 0 Å². The minimum atomic E-state index is -0.396. The average Bonchev–Trinajstić information content (AvgIpc) is 2.48. The zero-order chi connectivity index (χ0) is 14.5. The van der Waals surface area contributed by atoms with Crippen LogP contribution in [0.1, 0.15) is 51.7 Å². The fourth-order valence-corrected chi connectivity index (χ4v) is 3.36. The van der Waals surface area contributed by atoms with Gasteiger partial charge in [-0.25, -0.2) is 0 Å². The lowest BCUT2D eigenvalue weighted by molar-refractivity contribution is -0.0738. The molecule has 0 aliphatic heterocycles. The molecule has 1 aromatic carbocycles. The van der Waals surface area contributed by atoms with Crippen LogP contribution >= 0.6 is 0 Å². The first-order valence-electron chi connectivity index (χ1n) is 7.98. The van der Waals surface area contributed by atoms with Crippen LogP contribution in [0.3, 0.4) is 0 Å². The number of ether oxygens (including phenoxy) is 1. The molecule has 20 heavy (non-hydrogen) atoms. The smallest absolute Gasteiger partial charge is 0.109 e. The van der Waals surface area contributed by atoms with Gasteiger partial charge in [-0.2, -0.15) is 0 Å². The van der Waals surface area contributed by atoms with Crippen molar-refractivity contribution in [2.24, 2.45) is 17.8 Å². The van der Waals surface area contributed by atoms with Crippen molar-refractivity contribution in [1.82, 2.24) is 0 Å². The summed E-state index contributed by atoms with van der Waals surface area (Å²) in [7, 11) is 0.